The third-order valence-electron chi connectivity index (χ3n) is 9.04. The van der Waals surface area contributed by atoms with Crippen LogP contribution in [0.15, 0.2) is 133 Å². The quantitative estimate of drug-likeness (QED) is 0.0851. The molecule has 0 bridgehead atoms. The molecular weight excluding hydrogens is 811 g/mol. The summed E-state index contributed by atoms with van der Waals surface area (Å²) in [6, 6.07) is 36.6. The number of benzene rings is 6. The average molecular weight is 859 g/mol. The van der Waals surface area contributed by atoms with Crippen LogP contribution in [0, 0.1) is 0 Å². The zero-order chi connectivity index (χ0) is 45.5. The number of halogens is 6. The number of ether oxygens (including phenoxy) is 4. The number of rotatable bonds is 13. The van der Waals surface area contributed by atoms with Crippen LogP contribution in [0.2, 0.25) is 0 Å². The summed E-state index contributed by atoms with van der Waals surface area (Å²) in [5.41, 5.74) is 6.35. The summed E-state index contributed by atoms with van der Waals surface area (Å²) in [4.78, 5) is 22.8. The highest BCUT2D eigenvalue weighted by atomic mass is 19.4. The van der Waals surface area contributed by atoms with E-state index in [1.807, 2.05) is 56.3 Å². The topological polar surface area (TPSA) is 71.1 Å². The van der Waals surface area contributed by atoms with Crippen LogP contribution in [0.5, 0.6) is 34.5 Å². The maximum Gasteiger partial charge on any atom is 0.573 e. The molecule has 0 heterocycles. The number of carbonyl (C=O) groups is 2. The molecule has 12 heteroatoms. The molecule has 0 spiro atoms. The number of unbranched alkanes of at least 4 members (excludes halogenated alkanes) is 1. The molecule has 6 rings (SSSR count). The summed E-state index contributed by atoms with van der Waals surface area (Å²) in [5, 5.41) is 0. The first kappa shape index (κ1) is 48.1. The highest BCUT2D eigenvalue weighted by Crippen LogP contribution is 2.35. The van der Waals surface area contributed by atoms with Crippen molar-refractivity contribution in [1.82, 2.24) is 0 Å². The number of alkyl halides is 6. The molecular formula is C50H48F6O6. The van der Waals surface area contributed by atoms with E-state index in [9.17, 15) is 35.9 Å². The molecule has 0 amide bonds. The lowest BCUT2D eigenvalue weighted by atomic mass is 9.86. The maximum absolute atomic E-state index is 12.3. The van der Waals surface area contributed by atoms with Gasteiger partial charge in [0.25, 0.3) is 0 Å². The fraction of sp³-hybridized carbons (Fsp3) is 0.240. The van der Waals surface area contributed by atoms with Crippen molar-refractivity contribution in [2.75, 3.05) is 0 Å². The van der Waals surface area contributed by atoms with Crippen molar-refractivity contribution in [1.29, 1.82) is 0 Å². The molecule has 0 saturated carbocycles. The van der Waals surface area contributed by atoms with Gasteiger partial charge in [0.1, 0.15) is 34.5 Å². The number of aldehydes is 2. The molecule has 0 aliphatic heterocycles. The van der Waals surface area contributed by atoms with Crippen LogP contribution in [-0.4, -0.2) is 25.3 Å². The molecule has 6 aromatic carbocycles. The van der Waals surface area contributed by atoms with E-state index in [0.717, 1.165) is 42.5 Å². The molecule has 0 unspecified atom stereocenters. The Balaban J connectivity index is 0.000000262. The van der Waals surface area contributed by atoms with Gasteiger partial charge in [-0.1, -0.05) is 109 Å². The van der Waals surface area contributed by atoms with Crippen molar-refractivity contribution in [2.24, 2.45) is 0 Å². The van der Waals surface area contributed by atoms with Crippen LogP contribution in [0.4, 0.5) is 26.3 Å². The zero-order valence-electron chi connectivity index (χ0n) is 35.2. The molecule has 0 radical (unpaired) electrons. The van der Waals surface area contributed by atoms with Gasteiger partial charge in [-0.05, 0) is 124 Å². The summed E-state index contributed by atoms with van der Waals surface area (Å²) in [6.45, 7) is 12.6. The second-order valence-corrected chi connectivity index (χ2v) is 14.6. The first-order valence-corrected chi connectivity index (χ1v) is 19.9. The fourth-order valence-electron chi connectivity index (χ4n) is 5.88. The van der Waals surface area contributed by atoms with Gasteiger partial charge >= 0.3 is 12.7 Å². The van der Waals surface area contributed by atoms with E-state index in [2.05, 4.69) is 49.3 Å². The minimum Gasteiger partial charge on any atom is -0.457 e. The Morgan fingerprint density at radius 1 is 0.484 bits per heavy atom. The van der Waals surface area contributed by atoms with Crippen molar-refractivity contribution in [3.63, 3.8) is 0 Å². The standard InChI is InChI=1S/2C24H21F3O3.C2H6/c1-23(2,3)19-8-6-16(7-9-19)17-4-5-18(15-28)22(14-17)29-20-10-12-21(13-11-20)30-24(25,26)27;1-2-3-4-17-5-11-21(12-6-17)29-23-15-19(7-8-20(23)16-28)18-9-13-22(14-10-18)30-24(25,26)27;1-2/h4-15H,1-3H3;5-16H,2-4H2,1H3;1-2H3. The van der Waals surface area contributed by atoms with Gasteiger partial charge in [-0.25, -0.2) is 0 Å². The summed E-state index contributed by atoms with van der Waals surface area (Å²) in [7, 11) is 0. The smallest absolute Gasteiger partial charge is 0.457 e. The SMILES string of the molecule is CC.CC(C)(C)c1ccc(-c2ccc(C=O)c(Oc3ccc(OC(F)(F)F)cc3)c2)cc1.CCCCc1ccc(Oc2cc(-c3ccc(OC(F)(F)F)cc3)ccc2C=O)cc1. The van der Waals surface area contributed by atoms with Crippen LogP contribution < -0.4 is 18.9 Å². The largest absolute Gasteiger partial charge is 0.573 e. The first-order valence-electron chi connectivity index (χ1n) is 19.9. The van der Waals surface area contributed by atoms with E-state index < -0.39 is 12.7 Å². The van der Waals surface area contributed by atoms with E-state index in [1.54, 1.807) is 30.3 Å². The minimum atomic E-state index is -4.76. The molecule has 6 nitrogen and oxygen atoms in total. The van der Waals surface area contributed by atoms with Crippen molar-refractivity contribution >= 4 is 12.6 Å². The molecule has 0 atom stereocenters. The summed E-state index contributed by atoms with van der Waals surface area (Å²) in [6.07, 6.45) is -4.89. The third kappa shape index (κ3) is 14.9. The Morgan fingerprint density at radius 2 is 0.839 bits per heavy atom. The first-order chi connectivity index (χ1) is 29.4. The monoisotopic (exact) mass is 858 g/mol. The molecule has 326 valence electrons. The second-order valence-electron chi connectivity index (χ2n) is 14.6. The molecule has 6 aromatic rings. The Kier molecular flexibility index (Phi) is 16.9. The van der Waals surface area contributed by atoms with E-state index in [0.29, 0.717) is 52.1 Å². The Labute approximate surface area is 358 Å². The van der Waals surface area contributed by atoms with E-state index in [4.69, 9.17) is 9.47 Å². The van der Waals surface area contributed by atoms with Gasteiger partial charge in [-0.15, -0.1) is 26.3 Å². The molecule has 0 aromatic heterocycles. The molecule has 0 N–H and O–H groups in total. The van der Waals surface area contributed by atoms with Crippen LogP contribution in [0.25, 0.3) is 22.3 Å². The summed E-state index contributed by atoms with van der Waals surface area (Å²) < 4.78 is 93.2. The average Bonchev–Trinajstić information content (AvgIpc) is 3.24. The predicted molar refractivity (Wildman–Crippen MR) is 230 cm³/mol. The van der Waals surface area contributed by atoms with Gasteiger partial charge in [0.2, 0.25) is 0 Å². The van der Waals surface area contributed by atoms with Crippen molar-refractivity contribution < 1.29 is 54.9 Å². The third-order valence-corrected chi connectivity index (χ3v) is 9.04. The van der Waals surface area contributed by atoms with E-state index in [1.165, 1.54) is 47.5 Å². The number of hydrogen-bond donors (Lipinski definition) is 0. The molecule has 0 aliphatic rings. The lowest BCUT2D eigenvalue weighted by molar-refractivity contribution is -0.275. The van der Waals surface area contributed by atoms with Gasteiger partial charge in [-0.3, -0.25) is 9.59 Å². The Bertz CT molecular complexity index is 2330. The van der Waals surface area contributed by atoms with Crippen molar-refractivity contribution in [2.45, 2.75) is 78.9 Å². The zero-order valence-corrected chi connectivity index (χ0v) is 35.2. The van der Waals surface area contributed by atoms with Gasteiger partial charge in [0, 0.05) is 0 Å². The molecule has 0 fully saturated rings. The van der Waals surface area contributed by atoms with Gasteiger partial charge in [-0.2, -0.15) is 0 Å². The predicted octanol–water partition coefficient (Wildman–Crippen LogP) is 15.4. The molecule has 62 heavy (non-hydrogen) atoms. The lowest BCUT2D eigenvalue weighted by Crippen LogP contribution is -2.16. The second kappa shape index (κ2) is 21.8. The van der Waals surface area contributed by atoms with E-state index in [-0.39, 0.29) is 22.7 Å². The van der Waals surface area contributed by atoms with Gasteiger partial charge in [0.15, 0.2) is 12.6 Å². The van der Waals surface area contributed by atoms with Crippen molar-refractivity contribution in [3.8, 4) is 56.8 Å². The highest BCUT2D eigenvalue weighted by molar-refractivity contribution is 5.83. The maximum atomic E-state index is 12.3. The molecule has 0 saturated heterocycles. The summed E-state index contributed by atoms with van der Waals surface area (Å²) >= 11 is 0. The highest BCUT2D eigenvalue weighted by Gasteiger charge is 2.31. The number of carbonyl (C=O) groups excluding carboxylic acids is 2. The van der Waals surface area contributed by atoms with Gasteiger partial charge < -0.3 is 18.9 Å². The van der Waals surface area contributed by atoms with Crippen LogP contribution in [0.3, 0.4) is 0 Å². The number of hydrogen-bond acceptors (Lipinski definition) is 6. The summed E-state index contributed by atoms with van der Waals surface area (Å²) in [5.74, 6) is 0.928. The van der Waals surface area contributed by atoms with Crippen LogP contribution in [0.1, 0.15) is 86.2 Å². The Morgan fingerprint density at radius 3 is 1.21 bits per heavy atom. The lowest BCUT2D eigenvalue weighted by Gasteiger charge is -2.19. The van der Waals surface area contributed by atoms with Crippen LogP contribution >= 0.6 is 0 Å². The molecule has 0 aliphatic carbocycles. The van der Waals surface area contributed by atoms with Gasteiger partial charge in [0.05, 0.1) is 11.1 Å². The van der Waals surface area contributed by atoms with Crippen LogP contribution in [-0.2, 0) is 11.8 Å². The minimum absolute atomic E-state index is 0.0379. The van der Waals surface area contributed by atoms with E-state index >= 15 is 0 Å². The normalized spacial score (nSPS) is 11.2. The fourth-order valence-corrected chi connectivity index (χ4v) is 5.88. The number of aryl methyl sites for hydroxylation is 1. The Hall–Kier alpha value is -6.56. The van der Waals surface area contributed by atoms with Crippen molar-refractivity contribution in [3.05, 3.63) is 156 Å².